The van der Waals surface area contributed by atoms with E-state index in [1.54, 1.807) is 25.1 Å². The van der Waals surface area contributed by atoms with E-state index in [0.717, 1.165) is 5.39 Å². The first-order chi connectivity index (χ1) is 12.0. The van der Waals surface area contributed by atoms with Crippen LogP contribution in [0.3, 0.4) is 0 Å². The summed E-state index contributed by atoms with van der Waals surface area (Å²) in [5.74, 6) is -2.12. The van der Waals surface area contributed by atoms with Crippen LogP contribution < -0.4 is 5.32 Å². The summed E-state index contributed by atoms with van der Waals surface area (Å²) in [5, 5.41) is 3.50. The summed E-state index contributed by atoms with van der Waals surface area (Å²) in [5.41, 5.74) is 0.852. The lowest BCUT2D eigenvalue weighted by atomic mass is 9.98. The Morgan fingerprint density at radius 1 is 1.08 bits per heavy atom. The number of para-hydroxylation sites is 1. The molecule has 1 aromatic carbocycles. The monoisotopic (exact) mass is 344 g/mol. The molecule has 0 bridgehead atoms. The Hall–Kier alpha value is -2.96. The standard InChI is InChI=1S/C18H20N2O5/c1-11(10-15(21)24-2)16(18(23)25-3)20-17(22)14-9-8-12-6-4-5-7-13(12)19-14/h4-9,11,16H,10H2,1-3H3,(H,20,22)/t11-,16+/m0/s1. The normalized spacial score (nSPS) is 12.9. The number of carbonyl (C=O) groups is 3. The fourth-order valence-electron chi connectivity index (χ4n) is 2.43. The average Bonchev–Trinajstić information content (AvgIpc) is 2.64. The van der Waals surface area contributed by atoms with Crippen LogP contribution in [0.1, 0.15) is 23.8 Å². The molecule has 0 aliphatic heterocycles. The molecule has 0 saturated heterocycles. The average molecular weight is 344 g/mol. The molecule has 132 valence electrons. The molecule has 0 aliphatic carbocycles. The highest BCUT2D eigenvalue weighted by atomic mass is 16.5. The number of ether oxygens (including phenoxy) is 2. The highest BCUT2D eigenvalue weighted by molar-refractivity contribution is 5.97. The molecule has 7 nitrogen and oxygen atoms in total. The van der Waals surface area contributed by atoms with Crippen LogP contribution in [-0.2, 0) is 19.1 Å². The van der Waals surface area contributed by atoms with Gasteiger partial charge in [0.1, 0.15) is 11.7 Å². The number of rotatable bonds is 6. The summed E-state index contributed by atoms with van der Waals surface area (Å²) in [6, 6.07) is 9.77. The van der Waals surface area contributed by atoms with E-state index >= 15 is 0 Å². The van der Waals surface area contributed by atoms with Crippen molar-refractivity contribution < 1.29 is 23.9 Å². The maximum atomic E-state index is 12.5. The molecular weight excluding hydrogens is 324 g/mol. The summed E-state index contributed by atoms with van der Waals surface area (Å²) >= 11 is 0. The lowest BCUT2D eigenvalue weighted by Gasteiger charge is -2.22. The largest absolute Gasteiger partial charge is 0.469 e. The van der Waals surface area contributed by atoms with Gasteiger partial charge >= 0.3 is 11.9 Å². The van der Waals surface area contributed by atoms with Crippen molar-refractivity contribution in [2.24, 2.45) is 5.92 Å². The van der Waals surface area contributed by atoms with Crippen molar-refractivity contribution >= 4 is 28.7 Å². The quantitative estimate of drug-likeness (QED) is 0.802. The van der Waals surface area contributed by atoms with E-state index in [1.807, 2.05) is 18.2 Å². The van der Waals surface area contributed by atoms with Gasteiger partial charge in [-0.1, -0.05) is 31.2 Å². The van der Waals surface area contributed by atoms with Gasteiger partial charge in [0, 0.05) is 5.39 Å². The van der Waals surface area contributed by atoms with Gasteiger partial charge < -0.3 is 14.8 Å². The molecule has 7 heteroatoms. The van der Waals surface area contributed by atoms with Gasteiger partial charge in [-0.15, -0.1) is 0 Å². The second-order valence-electron chi connectivity index (χ2n) is 5.62. The number of carbonyl (C=O) groups excluding carboxylic acids is 3. The van der Waals surface area contributed by atoms with Crippen molar-refractivity contribution in [3.63, 3.8) is 0 Å². The van der Waals surface area contributed by atoms with Crippen LogP contribution in [0.25, 0.3) is 10.9 Å². The van der Waals surface area contributed by atoms with Crippen molar-refractivity contribution in [1.29, 1.82) is 0 Å². The second kappa shape index (κ2) is 8.23. The van der Waals surface area contributed by atoms with Crippen molar-refractivity contribution in [3.05, 3.63) is 42.1 Å². The van der Waals surface area contributed by atoms with Crippen LogP contribution in [0.15, 0.2) is 36.4 Å². The van der Waals surface area contributed by atoms with Gasteiger partial charge in [-0.2, -0.15) is 0 Å². The Morgan fingerprint density at radius 2 is 1.80 bits per heavy atom. The number of hydrogen-bond acceptors (Lipinski definition) is 6. The van der Waals surface area contributed by atoms with Crippen LogP contribution >= 0.6 is 0 Å². The zero-order valence-electron chi connectivity index (χ0n) is 14.3. The van der Waals surface area contributed by atoms with Gasteiger partial charge in [0.15, 0.2) is 0 Å². The van der Waals surface area contributed by atoms with Crippen LogP contribution in [0.5, 0.6) is 0 Å². The number of amides is 1. The summed E-state index contributed by atoms with van der Waals surface area (Å²) in [7, 11) is 2.49. The van der Waals surface area contributed by atoms with E-state index in [0.29, 0.717) is 5.52 Å². The maximum absolute atomic E-state index is 12.5. The Labute approximate surface area is 145 Å². The maximum Gasteiger partial charge on any atom is 0.328 e. The molecule has 1 aromatic heterocycles. The lowest BCUT2D eigenvalue weighted by molar-refractivity contribution is -0.146. The van der Waals surface area contributed by atoms with Crippen molar-refractivity contribution in [2.75, 3.05) is 14.2 Å². The molecule has 25 heavy (non-hydrogen) atoms. The minimum atomic E-state index is -0.982. The van der Waals surface area contributed by atoms with Gasteiger partial charge in [-0.25, -0.2) is 9.78 Å². The predicted molar refractivity (Wildman–Crippen MR) is 90.8 cm³/mol. The van der Waals surface area contributed by atoms with E-state index in [2.05, 4.69) is 15.0 Å². The molecule has 0 radical (unpaired) electrons. The topological polar surface area (TPSA) is 94.6 Å². The molecule has 2 aromatic rings. The third-order valence-corrected chi connectivity index (χ3v) is 3.86. The third kappa shape index (κ3) is 4.53. The number of fused-ring (bicyclic) bond motifs is 1. The molecular formula is C18H20N2O5. The van der Waals surface area contributed by atoms with Crippen molar-refractivity contribution in [3.8, 4) is 0 Å². The predicted octanol–water partition coefficient (Wildman–Crippen LogP) is 1.71. The highest BCUT2D eigenvalue weighted by Crippen LogP contribution is 2.14. The summed E-state index contributed by atoms with van der Waals surface area (Å²) in [4.78, 5) is 40.2. The minimum absolute atomic E-state index is 0.0261. The van der Waals surface area contributed by atoms with Crippen LogP contribution in [-0.4, -0.2) is 43.1 Å². The molecule has 0 saturated carbocycles. The first-order valence-corrected chi connectivity index (χ1v) is 7.77. The first-order valence-electron chi connectivity index (χ1n) is 7.77. The zero-order valence-corrected chi connectivity index (χ0v) is 14.3. The fourth-order valence-corrected chi connectivity index (χ4v) is 2.43. The first kappa shape index (κ1) is 18.4. The number of aromatic nitrogens is 1. The van der Waals surface area contributed by atoms with Crippen LogP contribution in [0.4, 0.5) is 0 Å². The van der Waals surface area contributed by atoms with Gasteiger partial charge in [-0.3, -0.25) is 9.59 Å². The van der Waals surface area contributed by atoms with Gasteiger partial charge in [-0.05, 0) is 18.1 Å². The van der Waals surface area contributed by atoms with E-state index in [1.165, 1.54) is 14.2 Å². The number of esters is 2. The van der Waals surface area contributed by atoms with Gasteiger partial charge in [0.25, 0.3) is 5.91 Å². The summed E-state index contributed by atoms with van der Waals surface area (Å²) < 4.78 is 9.34. The van der Waals surface area contributed by atoms with Crippen molar-refractivity contribution in [1.82, 2.24) is 10.3 Å². The SMILES string of the molecule is COC(=O)C[C@H](C)[C@@H](NC(=O)c1ccc2ccccc2n1)C(=O)OC. The molecule has 2 atom stereocenters. The highest BCUT2D eigenvalue weighted by Gasteiger charge is 2.30. The second-order valence-corrected chi connectivity index (χ2v) is 5.62. The van der Waals surface area contributed by atoms with Gasteiger partial charge in [0.05, 0.1) is 26.2 Å². The molecule has 1 amide bonds. The number of benzene rings is 1. The summed E-state index contributed by atoms with van der Waals surface area (Å²) in [6.45, 7) is 1.66. The van der Waals surface area contributed by atoms with E-state index < -0.39 is 29.8 Å². The Morgan fingerprint density at radius 3 is 2.48 bits per heavy atom. The zero-order chi connectivity index (χ0) is 18.4. The Balaban J connectivity index is 2.19. The third-order valence-electron chi connectivity index (χ3n) is 3.86. The smallest absolute Gasteiger partial charge is 0.328 e. The number of nitrogens with one attached hydrogen (secondary N) is 1. The number of pyridine rings is 1. The van der Waals surface area contributed by atoms with Crippen molar-refractivity contribution in [2.45, 2.75) is 19.4 Å². The number of hydrogen-bond donors (Lipinski definition) is 1. The van der Waals surface area contributed by atoms with Crippen LogP contribution in [0.2, 0.25) is 0 Å². The van der Waals surface area contributed by atoms with E-state index in [9.17, 15) is 14.4 Å². The van der Waals surface area contributed by atoms with Crippen LogP contribution in [0, 0.1) is 5.92 Å². The fraction of sp³-hybridized carbons (Fsp3) is 0.333. The number of methoxy groups -OCH3 is 2. The van der Waals surface area contributed by atoms with Gasteiger partial charge in [0.2, 0.25) is 0 Å². The molecule has 2 rings (SSSR count). The Kier molecular flexibility index (Phi) is 6.05. The molecule has 0 unspecified atom stereocenters. The lowest BCUT2D eigenvalue weighted by Crippen LogP contribution is -2.46. The minimum Gasteiger partial charge on any atom is -0.469 e. The molecule has 0 spiro atoms. The van der Waals surface area contributed by atoms with E-state index in [-0.39, 0.29) is 12.1 Å². The Bertz CT molecular complexity index is 790. The molecule has 1 N–H and O–H groups in total. The molecule has 0 aliphatic rings. The molecule has 0 fully saturated rings. The molecule has 1 heterocycles. The summed E-state index contributed by atoms with van der Waals surface area (Å²) in [6.07, 6.45) is -0.0261. The van der Waals surface area contributed by atoms with E-state index in [4.69, 9.17) is 4.74 Å². The number of nitrogens with zero attached hydrogens (tertiary/aromatic N) is 1.